The fraction of sp³-hybridized carbons (Fsp3) is 0. The van der Waals surface area contributed by atoms with E-state index in [0.29, 0.717) is 0 Å². The quantitative estimate of drug-likeness (QED) is 0.361. The molecule has 0 unspecified atom stereocenters. The molecule has 4 rings (SSSR count). The van der Waals surface area contributed by atoms with Crippen molar-refractivity contribution < 1.29 is 0 Å². The van der Waals surface area contributed by atoms with E-state index >= 15 is 0 Å². The Hall–Kier alpha value is -2.13. The van der Waals surface area contributed by atoms with Gasteiger partial charge in [0.05, 0.1) is 0 Å². The second-order valence-electron chi connectivity index (χ2n) is 6.51. The predicted molar refractivity (Wildman–Crippen MR) is 116 cm³/mol. The number of hydrogen-bond donors (Lipinski definition) is 0. The van der Waals surface area contributed by atoms with Crippen LogP contribution in [0.25, 0.3) is 0 Å². The molecule has 0 bridgehead atoms. The normalized spacial score (nSPS) is 10.8. The summed E-state index contributed by atoms with van der Waals surface area (Å²) in [5.74, 6) is 0. The molecule has 0 saturated carbocycles. The standard InChI is InChI=1S/C24H20B.Tl/c1-5-13-21(14-6-1)25(22-15-7-2-8-16-22,23-17-9-3-10-18-23)24-19-11-4-12-20-24;/h1-20H;/q-1;+1. The minimum atomic E-state index is -1.22. The van der Waals surface area contributed by atoms with Gasteiger partial charge in [-0.1, -0.05) is 121 Å². The first kappa shape index (κ1) is 18.7. The van der Waals surface area contributed by atoms with E-state index in [0.717, 1.165) is 0 Å². The Balaban J connectivity index is 0.00000196. The third kappa shape index (κ3) is 3.28. The third-order valence-corrected chi connectivity index (χ3v) is 5.20. The zero-order valence-corrected chi connectivity index (χ0v) is 19.2. The smallest absolute Gasteiger partial charge is 0.195 e. The van der Waals surface area contributed by atoms with Crippen molar-refractivity contribution in [3.63, 3.8) is 0 Å². The van der Waals surface area contributed by atoms with Gasteiger partial charge in [0.2, 0.25) is 0 Å². The van der Waals surface area contributed by atoms with Crippen molar-refractivity contribution in [3.05, 3.63) is 121 Å². The van der Waals surface area contributed by atoms with Gasteiger partial charge in [0.15, 0.2) is 0 Å². The van der Waals surface area contributed by atoms with Crippen molar-refractivity contribution in [2.24, 2.45) is 0 Å². The maximum absolute atomic E-state index is 2.26. The van der Waals surface area contributed by atoms with Crippen LogP contribution >= 0.6 is 0 Å². The molecule has 122 valence electrons. The fourth-order valence-corrected chi connectivity index (χ4v) is 4.12. The van der Waals surface area contributed by atoms with Crippen molar-refractivity contribution in [2.75, 3.05) is 0 Å². The monoisotopic (exact) mass is 524 g/mol. The van der Waals surface area contributed by atoms with Crippen molar-refractivity contribution >= 4 is 55.3 Å². The maximum Gasteiger partial charge on any atom is 1.00 e. The Morgan fingerprint density at radius 1 is 0.308 bits per heavy atom. The Morgan fingerprint density at radius 3 is 0.692 bits per heavy atom. The van der Waals surface area contributed by atoms with E-state index in [2.05, 4.69) is 121 Å². The van der Waals surface area contributed by atoms with Gasteiger partial charge in [0.25, 0.3) is 0 Å². The zero-order valence-electron chi connectivity index (χ0n) is 14.7. The van der Waals surface area contributed by atoms with Crippen molar-refractivity contribution in [3.8, 4) is 0 Å². The summed E-state index contributed by atoms with van der Waals surface area (Å²) >= 11 is 0. The van der Waals surface area contributed by atoms with E-state index < -0.39 is 6.15 Å². The Kier molecular flexibility index (Phi) is 6.10. The average Bonchev–Trinajstić information content (AvgIpc) is 2.72. The summed E-state index contributed by atoms with van der Waals surface area (Å²) in [5, 5.41) is 0. The molecule has 4 aromatic carbocycles. The molecule has 2 heteroatoms. The molecule has 4 aromatic rings. The van der Waals surface area contributed by atoms with Crippen LogP contribution < -0.4 is 21.9 Å². The molecule has 0 radical (unpaired) electrons. The molecule has 0 N–H and O–H groups in total. The summed E-state index contributed by atoms with van der Waals surface area (Å²) in [4.78, 5) is 0. The van der Waals surface area contributed by atoms with E-state index in [1.165, 1.54) is 21.9 Å². The van der Waals surface area contributed by atoms with Crippen LogP contribution in [0, 0.1) is 0 Å². The maximum atomic E-state index is 2.26. The van der Waals surface area contributed by atoms with Gasteiger partial charge >= 0.3 is 27.3 Å². The van der Waals surface area contributed by atoms with E-state index in [9.17, 15) is 0 Å². The van der Waals surface area contributed by atoms with Gasteiger partial charge in [0, 0.05) is 0 Å². The minimum Gasteiger partial charge on any atom is -0.195 e. The average molecular weight is 524 g/mol. The first-order chi connectivity index (χ1) is 12.4. The second-order valence-corrected chi connectivity index (χ2v) is 6.51. The Labute approximate surface area is 176 Å². The van der Waals surface area contributed by atoms with Crippen LogP contribution in [0.3, 0.4) is 0 Å². The van der Waals surface area contributed by atoms with E-state index in [-0.39, 0.29) is 27.3 Å². The third-order valence-electron chi connectivity index (χ3n) is 5.20. The number of hydrogen-bond acceptors (Lipinski definition) is 0. The van der Waals surface area contributed by atoms with Crippen LogP contribution in [0.5, 0.6) is 0 Å². The van der Waals surface area contributed by atoms with Crippen LogP contribution in [0.2, 0.25) is 0 Å². The van der Waals surface area contributed by atoms with Crippen molar-refractivity contribution in [1.82, 2.24) is 0 Å². The number of rotatable bonds is 4. The van der Waals surface area contributed by atoms with Gasteiger partial charge in [-0.05, 0) is 0 Å². The van der Waals surface area contributed by atoms with Gasteiger partial charge in [-0.25, -0.2) is 0 Å². The molecule has 0 aromatic heterocycles. The van der Waals surface area contributed by atoms with Crippen LogP contribution in [0.15, 0.2) is 121 Å². The van der Waals surface area contributed by atoms with Crippen LogP contribution in [0.4, 0.5) is 0 Å². The molecule has 0 aliphatic heterocycles. The van der Waals surface area contributed by atoms with Crippen molar-refractivity contribution in [1.29, 1.82) is 0 Å². The summed E-state index contributed by atoms with van der Waals surface area (Å²) < 4.78 is 0. The van der Waals surface area contributed by atoms with Crippen LogP contribution in [0.1, 0.15) is 0 Å². The van der Waals surface area contributed by atoms with Crippen molar-refractivity contribution in [2.45, 2.75) is 0 Å². The topological polar surface area (TPSA) is 0 Å². The first-order valence-corrected chi connectivity index (χ1v) is 8.80. The van der Waals surface area contributed by atoms with E-state index in [4.69, 9.17) is 0 Å². The summed E-state index contributed by atoms with van der Waals surface area (Å²) in [5.41, 5.74) is 5.36. The molecule has 0 nitrogen and oxygen atoms in total. The number of benzene rings is 4. The SMILES string of the molecule is [Tl+].c1ccc([B-](c2ccccc2)(c2ccccc2)c2ccccc2)cc1. The molecule has 0 aliphatic carbocycles. The largest absolute Gasteiger partial charge is 1.00 e. The molecular weight excluding hydrogens is 503 g/mol. The zero-order chi connectivity index (χ0) is 17.0. The van der Waals surface area contributed by atoms with Gasteiger partial charge in [0.1, 0.15) is 6.15 Å². The molecule has 0 fully saturated rings. The molecule has 26 heavy (non-hydrogen) atoms. The molecule has 0 amide bonds. The molecule has 0 heterocycles. The van der Waals surface area contributed by atoms with E-state index in [1.54, 1.807) is 0 Å². The predicted octanol–water partition coefficient (Wildman–Crippen LogP) is 2.68. The minimum absolute atomic E-state index is 0. The Morgan fingerprint density at radius 2 is 0.500 bits per heavy atom. The fourth-order valence-electron chi connectivity index (χ4n) is 4.12. The molecule has 0 atom stereocenters. The second kappa shape index (κ2) is 8.50. The summed E-state index contributed by atoms with van der Waals surface area (Å²) in [6, 6.07) is 43.5. The van der Waals surface area contributed by atoms with Crippen LogP contribution in [-0.2, 0) is 0 Å². The summed E-state index contributed by atoms with van der Waals surface area (Å²) in [6.07, 6.45) is -1.22. The molecule has 0 saturated heterocycles. The molecule has 0 aliphatic rings. The van der Waals surface area contributed by atoms with Gasteiger partial charge < -0.3 is 0 Å². The molecule has 0 spiro atoms. The van der Waals surface area contributed by atoms with Gasteiger partial charge in [-0.15, -0.1) is 0 Å². The first-order valence-electron chi connectivity index (χ1n) is 8.80. The van der Waals surface area contributed by atoms with E-state index in [1.807, 2.05) is 0 Å². The summed E-state index contributed by atoms with van der Waals surface area (Å²) in [7, 11) is 0. The van der Waals surface area contributed by atoms with Gasteiger partial charge in [-0.2, -0.15) is 21.9 Å². The Bertz CT molecular complexity index is 759. The summed E-state index contributed by atoms with van der Waals surface area (Å²) in [6.45, 7) is 0. The van der Waals surface area contributed by atoms with Gasteiger partial charge in [-0.3, -0.25) is 0 Å². The molecular formula is C24H20BTl. The van der Waals surface area contributed by atoms with Crippen LogP contribution in [-0.4, -0.2) is 33.4 Å².